The number of amides is 1. The number of aromatic nitrogens is 2. The molecule has 0 radical (unpaired) electrons. The number of thioether (sulfide) groups is 1. The van der Waals surface area contributed by atoms with Crippen LogP contribution in [0.2, 0.25) is 0 Å². The van der Waals surface area contributed by atoms with Crippen LogP contribution in [0.15, 0.2) is 58.4 Å². The fourth-order valence-electron chi connectivity index (χ4n) is 4.65. The molecule has 0 saturated carbocycles. The van der Waals surface area contributed by atoms with Crippen molar-refractivity contribution in [3.05, 3.63) is 69.5 Å². The fourth-order valence-corrected chi connectivity index (χ4v) is 5.94. The molecular formula is C27H29N5O3S2. The van der Waals surface area contributed by atoms with Crippen LogP contribution < -0.4 is 20.1 Å². The molecule has 0 aliphatic carbocycles. The highest BCUT2D eigenvalue weighted by Crippen LogP contribution is 2.34. The summed E-state index contributed by atoms with van der Waals surface area (Å²) in [4.78, 5) is 38.2. The highest BCUT2D eigenvalue weighted by Gasteiger charge is 2.33. The Morgan fingerprint density at radius 3 is 2.54 bits per heavy atom. The Balaban J connectivity index is 1.49. The molecule has 1 aromatic carbocycles. The van der Waals surface area contributed by atoms with Crippen LogP contribution in [0.5, 0.6) is 5.75 Å². The highest BCUT2D eigenvalue weighted by atomic mass is 32.2. The number of rotatable bonds is 7. The van der Waals surface area contributed by atoms with Gasteiger partial charge in [0.1, 0.15) is 21.5 Å². The van der Waals surface area contributed by atoms with Crippen LogP contribution in [0.1, 0.15) is 25.3 Å². The van der Waals surface area contributed by atoms with Gasteiger partial charge < -0.3 is 14.5 Å². The quantitative estimate of drug-likeness (QED) is 0.332. The third kappa shape index (κ3) is 4.95. The SMILES string of the molecule is CCCCN1C(=O)C(=Cc2c(N3CCN(c4ccccc4OC)CC3)nc3ccccn3c2=O)SC1=S. The number of para-hydroxylation sites is 2. The molecule has 0 N–H and O–H groups in total. The molecule has 2 aliphatic heterocycles. The first-order valence-corrected chi connectivity index (χ1v) is 13.6. The first kappa shape index (κ1) is 25.3. The lowest BCUT2D eigenvalue weighted by molar-refractivity contribution is -0.122. The van der Waals surface area contributed by atoms with Gasteiger partial charge in [0.2, 0.25) is 0 Å². The lowest BCUT2D eigenvalue weighted by Gasteiger charge is -2.37. The molecule has 5 rings (SSSR count). The van der Waals surface area contributed by atoms with E-state index < -0.39 is 0 Å². The number of carbonyl (C=O) groups excluding carboxylic acids is 1. The second kappa shape index (κ2) is 10.9. The number of hydrogen-bond acceptors (Lipinski definition) is 8. The maximum absolute atomic E-state index is 13.6. The zero-order chi connectivity index (χ0) is 25.9. The van der Waals surface area contributed by atoms with Crippen molar-refractivity contribution in [1.29, 1.82) is 0 Å². The fraction of sp³-hybridized carbons (Fsp3) is 0.333. The summed E-state index contributed by atoms with van der Waals surface area (Å²) in [7, 11) is 1.68. The number of carbonyl (C=O) groups is 1. The van der Waals surface area contributed by atoms with Crippen molar-refractivity contribution in [2.75, 3.05) is 49.6 Å². The third-order valence-corrected chi connectivity index (χ3v) is 8.02. The molecule has 37 heavy (non-hydrogen) atoms. The predicted molar refractivity (Wildman–Crippen MR) is 154 cm³/mol. The first-order chi connectivity index (χ1) is 18.0. The number of nitrogens with zero attached hydrogens (tertiary/aromatic N) is 5. The number of benzene rings is 1. The molecule has 8 nitrogen and oxygen atoms in total. The van der Waals surface area contributed by atoms with Crippen LogP contribution >= 0.6 is 24.0 Å². The van der Waals surface area contributed by atoms with Gasteiger partial charge in [-0.05, 0) is 36.8 Å². The van der Waals surface area contributed by atoms with E-state index in [1.165, 1.54) is 16.2 Å². The average molecular weight is 536 g/mol. The van der Waals surface area contributed by atoms with E-state index in [1.54, 1.807) is 30.3 Å². The van der Waals surface area contributed by atoms with E-state index >= 15 is 0 Å². The van der Waals surface area contributed by atoms with Crippen molar-refractivity contribution < 1.29 is 9.53 Å². The number of pyridine rings is 1. The zero-order valence-electron chi connectivity index (χ0n) is 20.9. The molecule has 0 atom stereocenters. The number of ether oxygens (including phenoxy) is 1. The van der Waals surface area contributed by atoms with Crippen molar-refractivity contribution in [3.8, 4) is 5.75 Å². The maximum Gasteiger partial charge on any atom is 0.267 e. The Bertz CT molecular complexity index is 1430. The summed E-state index contributed by atoms with van der Waals surface area (Å²) in [5, 5.41) is 0. The van der Waals surface area contributed by atoms with Gasteiger partial charge in [-0.25, -0.2) is 4.98 Å². The van der Waals surface area contributed by atoms with Crippen LogP contribution in [0.25, 0.3) is 11.7 Å². The molecule has 1 amide bonds. The zero-order valence-corrected chi connectivity index (χ0v) is 22.6. The van der Waals surface area contributed by atoms with Gasteiger partial charge in [0.15, 0.2) is 0 Å². The van der Waals surface area contributed by atoms with Gasteiger partial charge in [-0.2, -0.15) is 0 Å². The summed E-state index contributed by atoms with van der Waals surface area (Å²) in [6.07, 6.45) is 5.23. The van der Waals surface area contributed by atoms with Crippen LogP contribution in [-0.4, -0.2) is 64.3 Å². The highest BCUT2D eigenvalue weighted by molar-refractivity contribution is 8.26. The molecule has 4 heterocycles. The molecule has 10 heteroatoms. The number of fused-ring (bicyclic) bond motifs is 1. The van der Waals surface area contributed by atoms with Gasteiger partial charge in [-0.15, -0.1) is 0 Å². The second-order valence-corrected chi connectivity index (χ2v) is 10.6. The van der Waals surface area contributed by atoms with Gasteiger partial charge in [0.25, 0.3) is 11.5 Å². The standard InChI is InChI=1S/C27H29N5O3S2/c1-3-4-12-32-26(34)22(37-27(32)36)18-19-24(28-23-11-7-8-13-31(23)25(19)33)30-16-14-29(15-17-30)20-9-5-6-10-21(20)35-2/h5-11,13,18H,3-4,12,14-17H2,1-2H3. The van der Waals surface area contributed by atoms with E-state index in [-0.39, 0.29) is 11.5 Å². The van der Waals surface area contributed by atoms with E-state index in [0.717, 1.165) is 37.4 Å². The normalized spacial score (nSPS) is 17.4. The Kier molecular flexibility index (Phi) is 7.48. The summed E-state index contributed by atoms with van der Waals surface area (Å²) in [5.41, 5.74) is 1.83. The monoisotopic (exact) mass is 535 g/mol. The molecule has 2 saturated heterocycles. The predicted octanol–water partition coefficient (Wildman–Crippen LogP) is 4.03. The van der Waals surface area contributed by atoms with Crippen molar-refractivity contribution in [2.45, 2.75) is 19.8 Å². The topological polar surface area (TPSA) is 70.4 Å². The maximum atomic E-state index is 13.6. The minimum Gasteiger partial charge on any atom is -0.495 e. The lowest BCUT2D eigenvalue weighted by Crippen LogP contribution is -2.47. The van der Waals surface area contributed by atoms with Crippen molar-refractivity contribution in [3.63, 3.8) is 0 Å². The third-order valence-electron chi connectivity index (χ3n) is 6.64. The molecule has 0 unspecified atom stereocenters. The number of unbranched alkanes of at least 4 members (excludes halogenated alkanes) is 1. The molecule has 2 aromatic heterocycles. The molecule has 3 aromatic rings. The number of hydrogen-bond donors (Lipinski definition) is 0. The molecule has 0 bridgehead atoms. The Morgan fingerprint density at radius 2 is 1.78 bits per heavy atom. The van der Waals surface area contributed by atoms with E-state index in [4.69, 9.17) is 21.9 Å². The number of methoxy groups -OCH3 is 1. The second-order valence-electron chi connectivity index (χ2n) is 8.92. The molecule has 2 aliphatic rings. The summed E-state index contributed by atoms with van der Waals surface area (Å²) in [6.45, 7) is 5.50. The average Bonchev–Trinajstić information content (AvgIpc) is 3.20. The van der Waals surface area contributed by atoms with Gasteiger partial charge in [0.05, 0.1) is 23.3 Å². The summed E-state index contributed by atoms with van der Waals surface area (Å²) in [5.74, 6) is 1.28. The Labute approximate surface area is 225 Å². The van der Waals surface area contributed by atoms with Crippen LogP contribution in [0.4, 0.5) is 11.5 Å². The largest absolute Gasteiger partial charge is 0.495 e. The van der Waals surface area contributed by atoms with Gasteiger partial charge in [-0.3, -0.25) is 18.9 Å². The van der Waals surface area contributed by atoms with Crippen LogP contribution in [0.3, 0.4) is 0 Å². The Hall–Kier alpha value is -3.37. The number of thiocarbonyl (C=S) groups is 1. The Morgan fingerprint density at radius 1 is 1.05 bits per heavy atom. The number of anilines is 2. The smallest absolute Gasteiger partial charge is 0.267 e. The minimum atomic E-state index is -0.202. The summed E-state index contributed by atoms with van der Waals surface area (Å²) in [6, 6.07) is 13.5. The van der Waals surface area contributed by atoms with Gasteiger partial charge >= 0.3 is 0 Å². The molecule has 2 fully saturated rings. The van der Waals surface area contributed by atoms with Gasteiger partial charge in [0, 0.05) is 38.9 Å². The van der Waals surface area contributed by atoms with Crippen LogP contribution in [0, 0.1) is 0 Å². The minimum absolute atomic E-state index is 0.145. The van der Waals surface area contributed by atoms with Gasteiger partial charge in [-0.1, -0.05) is 55.5 Å². The first-order valence-electron chi connectivity index (χ1n) is 12.4. The molecule has 192 valence electrons. The lowest BCUT2D eigenvalue weighted by atomic mass is 10.2. The van der Waals surface area contributed by atoms with E-state index in [0.29, 0.717) is 45.9 Å². The summed E-state index contributed by atoms with van der Waals surface area (Å²) >= 11 is 6.72. The van der Waals surface area contributed by atoms with E-state index in [1.807, 2.05) is 30.3 Å². The number of piperazine rings is 1. The van der Waals surface area contributed by atoms with Crippen molar-refractivity contribution in [2.24, 2.45) is 0 Å². The van der Waals surface area contributed by atoms with Crippen LogP contribution in [-0.2, 0) is 4.79 Å². The van der Waals surface area contributed by atoms with E-state index in [2.05, 4.69) is 22.8 Å². The van der Waals surface area contributed by atoms with E-state index in [9.17, 15) is 9.59 Å². The molecule has 0 spiro atoms. The van der Waals surface area contributed by atoms with Crippen molar-refractivity contribution in [1.82, 2.24) is 14.3 Å². The summed E-state index contributed by atoms with van der Waals surface area (Å²) < 4.78 is 7.61. The molecular weight excluding hydrogens is 506 g/mol. The van der Waals surface area contributed by atoms with Crippen molar-refractivity contribution >= 4 is 57.4 Å².